The third kappa shape index (κ3) is 5.64. The van der Waals surface area contributed by atoms with Crippen LogP contribution in [0.15, 0.2) is 97.1 Å². The Bertz CT molecular complexity index is 1140. The Balaban J connectivity index is 1.26. The Morgan fingerprint density at radius 2 is 1.42 bits per heavy atom. The van der Waals surface area contributed by atoms with Crippen molar-refractivity contribution in [1.82, 2.24) is 5.32 Å². The number of nitrogens with one attached hydrogen (secondary N) is 1. The van der Waals surface area contributed by atoms with Crippen molar-refractivity contribution in [3.05, 3.63) is 108 Å². The first-order valence-electron chi connectivity index (χ1n) is 10.3. The number of amides is 1. The Morgan fingerprint density at radius 1 is 0.774 bits per heavy atom. The fourth-order valence-electron chi connectivity index (χ4n) is 3.37. The van der Waals surface area contributed by atoms with E-state index < -0.39 is 0 Å². The van der Waals surface area contributed by atoms with Crippen molar-refractivity contribution < 1.29 is 14.3 Å². The third-order valence-electron chi connectivity index (χ3n) is 5.09. The van der Waals surface area contributed by atoms with Crippen molar-refractivity contribution in [2.24, 2.45) is 0 Å². The third-order valence-corrected chi connectivity index (χ3v) is 5.09. The lowest BCUT2D eigenvalue weighted by atomic mass is 10.0. The number of fused-ring (bicyclic) bond motifs is 1. The molecule has 4 aromatic carbocycles. The molecule has 4 rings (SSSR count). The summed E-state index contributed by atoms with van der Waals surface area (Å²) in [4.78, 5) is 12.3. The number of ether oxygens (including phenoxy) is 2. The second-order valence-electron chi connectivity index (χ2n) is 7.43. The zero-order chi connectivity index (χ0) is 21.5. The summed E-state index contributed by atoms with van der Waals surface area (Å²) in [5, 5.41) is 5.34. The molecule has 1 atom stereocenters. The Labute approximate surface area is 182 Å². The number of hydrogen-bond donors (Lipinski definition) is 1. The first-order chi connectivity index (χ1) is 15.2. The molecule has 0 aliphatic rings. The van der Waals surface area contributed by atoms with Crippen LogP contribution in [0.25, 0.3) is 10.8 Å². The van der Waals surface area contributed by atoms with Gasteiger partial charge < -0.3 is 14.8 Å². The molecule has 0 aliphatic carbocycles. The van der Waals surface area contributed by atoms with Crippen LogP contribution in [0.4, 0.5) is 0 Å². The van der Waals surface area contributed by atoms with E-state index in [0.717, 1.165) is 22.3 Å². The number of rotatable bonds is 8. The fourth-order valence-corrected chi connectivity index (χ4v) is 3.37. The fraction of sp³-hybridized carbons (Fsp3) is 0.148. The Hall–Kier alpha value is -3.79. The minimum Gasteiger partial charge on any atom is -0.489 e. The second kappa shape index (κ2) is 9.81. The van der Waals surface area contributed by atoms with Crippen molar-refractivity contribution in [3.63, 3.8) is 0 Å². The first kappa shape index (κ1) is 20.5. The van der Waals surface area contributed by atoms with Crippen LogP contribution in [0, 0.1) is 0 Å². The van der Waals surface area contributed by atoms with Gasteiger partial charge >= 0.3 is 0 Å². The van der Waals surface area contributed by atoms with Gasteiger partial charge in [-0.1, -0.05) is 66.7 Å². The molecule has 4 nitrogen and oxygen atoms in total. The van der Waals surface area contributed by atoms with Crippen molar-refractivity contribution in [3.8, 4) is 11.5 Å². The van der Waals surface area contributed by atoms with Crippen LogP contribution in [0.2, 0.25) is 0 Å². The number of carbonyl (C=O) groups excluding carboxylic acids is 1. The van der Waals surface area contributed by atoms with Gasteiger partial charge in [-0.15, -0.1) is 0 Å². The average Bonchev–Trinajstić information content (AvgIpc) is 2.82. The van der Waals surface area contributed by atoms with Gasteiger partial charge in [-0.3, -0.25) is 4.79 Å². The summed E-state index contributed by atoms with van der Waals surface area (Å²) in [5.74, 6) is 1.22. The Kier molecular flexibility index (Phi) is 6.48. The molecule has 0 heterocycles. The molecule has 0 bridgehead atoms. The van der Waals surface area contributed by atoms with Crippen LogP contribution in [0.3, 0.4) is 0 Å². The summed E-state index contributed by atoms with van der Waals surface area (Å²) >= 11 is 0. The predicted octanol–water partition coefficient (Wildman–Crippen LogP) is 5.68. The van der Waals surface area contributed by atoms with Crippen molar-refractivity contribution in [2.75, 3.05) is 6.61 Å². The average molecular weight is 412 g/mol. The van der Waals surface area contributed by atoms with E-state index in [1.54, 1.807) is 12.1 Å². The van der Waals surface area contributed by atoms with E-state index >= 15 is 0 Å². The maximum atomic E-state index is 12.3. The van der Waals surface area contributed by atoms with E-state index in [9.17, 15) is 4.79 Å². The topological polar surface area (TPSA) is 47.6 Å². The summed E-state index contributed by atoms with van der Waals surface area (Å²) in [6.07, 6.45) is 0. The molecule has 0 radical (unpaired) electrons. The molecule has 0 unspecified atom stereocenters. The van der Waals surface area contributed by atoms with Gasteiger partial charge in [-0.25, -0.2) is 0 Å². The summed E-state index contributed by atoms with van der Waals surface area (Å²) < 4.78 is 11.4. The van der Waals surface area contributed by atoms with Gasteiger partial charge in [0.1, 0.15) is 18.1 Å². The highest BCUT2D eigenvalue weighted by atomic mass is 16.5. The molecule has 0 saturated carbocycles. The van der Waals surface area contributed by atoms with E-state index in [0.29, 0.717) is 12.4 Å². The van der Waals surface area contributed by atoms with Gasteiger partial charge in [-0.2, -0.15) is 0 Å². The lowest BCUT2D eigenvalue weighted by Crippen LogP contribution is -2.31. The normalized spacial score (nSPS) is 11.6. The van der Waals surface area contributed by atoms with Crippen LogP contribution < -0.4 is 14.8 Å². The molecular weight excluding hydrogens is 386 g/mol. The molecule has 156 valence electrons. The van der Waals surface area contributed by atoms with E-state index in [4.69, 9.17) is 9.47 Å². The minimum atomic E-state index is -0.162. The quantitative estimate of drug-likeness (QED) is 0.406. The van der Waals surface area contributed by atoms with Crippen LogP contribution in [0.5, 0.6) is 11.5 Å². The Morgan fingerprint density at radius 3 is 2.16 bits per heavy atom. The molecule has 0 spiro atoms. The smallest absolute Gasteiger partial charge is 0.258 e. The minimum absolute atomic E-state index is 0.0395. The van der Waals surface area contributed by atoms with Gasteiger partial charge in [0.05, 0.1) is 6.04 Å². The molecular formula is C27H25NO3. The molecule has 0 aliphatic heterocycles. The first-order valence-corrected chi connectivity index (χ1v) is 10.3. The number of hydrogen-bond acceptors (Lipinski definition) is 3. The highest BCUT2D eigenvalue weighted by molar-refractivity contribution is 5.83. The second-order valence-corrected chi connectivity index (χ2v) is 7.43. The predicted molar refractivity (Wildman–Crippen MR) is 123 cm³/mol. The molecule has 4 aromatic rings. The number of carbonyl (C=O) groups is 1. The molecule has 1 N–H and O–H groups in total. The summed E-state index contributed by atoms with van der Waals surface area (Å²) in [6.45, 7) is 2.44. The summed E-state index contributed by atoms with van der Waals surface area (Å²) in [5.41, 5.74) is 2.17. The van der Waals surface area contributed by atoms with E-state index in [1.165, 1.54) is 5.39 Å². The zero-order valence-electron chi connectivity index (χ0n) is 17.5. The molecule has 1 amide bonds. The number of benzene rings is 4. The van der Waals surface area contributed by atoms with Gasteiger partial charge in [0.15, 0.2) is 6.61 Å². The standard InChI is InChI=1S/C27H25NO3/c1-20(23-12-11-22-9-5-6-10-24(22)17-23)28-27(29)19-31-26-15-13-25(14-16-26)30-18-21-7-3-2-4-8-21/h2-17,20H,18-19H2,1H3,(H,28,29)/t20-/m1/s1. The van der Waals surface area contributed by atoms with Crippen LogP contribution in [0.1, 0.15) is 24.1 Å². The van der Waals surface area contributed by atoms with E-state index in [1.807, 2.05) is 67.6 Å². The molecule has 31 heavy (non-hydrogen) atoms. The highest BCUT2D eigenvalue weighted by Crippen LogP contribution is 2.21. The highest BCUT2D eigenvalue weighted by Gasteiger charge is 2.11. The SMILES string of the molecule is C[C@@H](NC(=O)COc1ccc(OCc2ccccc2)cc1)c1ccc2ccccc2c1. The van der Waals surface area contributed by atoms with Crippen LogP contribution in [-0.4, -0.2) is 12.5 Å². The molecule has 0 aromatic heterocycles. The van der Waals surface area contributed by atoms with Crippen molar-refractivity contribution >= 4 is 16.7 Å². The zero-order valence-corrected chi connectivity index (χ0v) is 17.5. The largest absolute Gasteiger partial charge is 0.489 e. The summed E-state index contributed by atoms with van der Waals surface area (Å²) in [7, 11) is 0. The maximum absolute atomic E-state index is 12.3. The lowest BCUT2D eigenvalue weighted by Gasteiger charge is -2.15. The maximum Gasteiger partial charge on any atom is 0.258 e. The van der Waals surface area contributed by atoms with Crippen molar-refractivity contribution in [2.45, 2.75) is 19.6 Å². The van der Waals surface area contributed by atoms with Crippen molar-refractivity contribution in [1.29, 1.82) is 0 Å². The van der Waals surface area contributed by atoms with Gasteiger partial charge in [0.25, 0.3) is 5.91 Å². The van der Waals surface area contributed by atoms with Crippen LogP contribution >= 0.6 is 0 Å². The monoisotopic (exact) mass is 411 g/mol. The molecule has 4 heteroatoms. The van der Waals surface area contributed by atoms with E-state index in [2.05, 4.69) is 29.6 Å². The lowest BCUT2D eigenvalue weighted by molar-refractivity contribution is -0.123. The molecule has 0 fully saturated rings. The van der Waals surface area contributed by atoms with E-state index in [-0.39, 0.29) is 18.6 Å². The molecule has 0 saturated heterocycles. The van der Waals surface area contributed by atoms with Gasteiger partial charge in [0.2, 0.25) is 0 Å². The van der Waals surface area contributed by atoms with Crippen LogP contribution in [-0.2, 0) is 11.4 Å². The van der Waals surface area contributed by atoms with Gasteiger partial charge in [-0.05, 0) is 59.2 Å². The summed E-state index contributed by atoms with van der Waals surface area (Å²) in [6, 6.07) is 31.6. The van der Waals surface area contributed by atoms with Gasteiger partial charge in [0, 0.05) is 0 Å².